The van der Waals surface area contributed by atoms with E-state index >= 15 is 0 Å². The number of anilines is 1. The van der Waals surface area contributed by atoms with Crippen LogP contribution in [0, 0.1) is 0 Å². The van der Waals surface area contributed by atoms with Crippen molar-refractivity contribution in [2.45, 2.75) is 24.7 Å². The summed E-state index contributed by atoms with van der Waals surface area (Å²) >= 11 is 0. The zero-order valence-corrected chi connectivity index (χ0v) is 15.8. The van der Waals surface area contributed by atoms with E-state index in [1.807, 2.05) is 60.5 Å². The number of fused-ring (bicyclic) bond motifs is 2. The number of likely N-dealkylation sites (N-methyl/N-ethyl adjacent to an activating group) is 1. The van der Waals surface area contributed by atoms with E-state index in [-0.39, 0.29) is 11.8 Å². The van der Waals surface area contributed by atoms with E-state index in [9.17, 15) is 9.59 Å². The predicted octanol–water partition coefficient (Wildman–Crippen LogP) is 2.77. The smallest absolute Gasteiger partial charge is 0.239 e. The Morgan fingerprint density at radius 1 is 1.15 bits per heavy atom. The maximum absolute atomic E-state index is 13.0. The van der Waals surface area contributed by atoms with Gasteiger partial charge in [-0.3, -0.25) is 9.59 Å². The Morgan fingerprint density at radius 3 is 2.63 bits per heavy atom. The summed E-state index contributed by atoms with van der Waals surface area (Å²) in [5.41, 5.74) is 2.57. The molecule has 0 aliphatic carbocycles. The molecule has 2 aliphatic heterocycles. The molecule has 1 fully saturated rings. The molecule has 0 N–H and O–H groups in total. The molecule has 2 aromatic carbocycles. The van der Waals surface area contributed by atoms with E-state index in [0.29, 0.717) is 32.4 Å². The summed E-state index contributed by atoms with van der Waals surface area (Å²) in [6.07, 6.45) is 1.84. The first-order chi connectivity index (χ1) is 13.0. The second kappa shape index (κ2) is 6.72. The van der Waals surface area contributed by atoms with Gasteiger partial charge in [-0.15, -0.1) is 0 Å². The molecule has 2 aliphatic rings. The number of carbonyl (C=O) groups excluding carboxylic acids is 2. The Hall–Kier alpha value is -2.82. The van der Waals surface area contributed by atoms with Gasteiger partial charge in [-0.05, 0) is 42.2 Å². The van der Waals surface area contributed by atoms with Crippen molar-refractivity contribution >= 4 is 17.5 Å². The zero-order valence-electron chi connectivity index (χ0n) is 15.8. The van der Waals surface area contributed by atoms with Crippen molar-refractivity contribution in [2.75, 3.05) is 32.1 Å². The molecule has 0 radical (unpaired) electrons. The van der Waals surface area contributed by atoms with Crippen LogP contribution in [0.15, 0.2) is 48.5 Å². The van der Waals surface area contributed by atoms with Crippen LogP contribution in [0.1, 0.15) is 24.0 Å². The molecule has 2 aromatic rings. The number of carbonyl (C=O) groups is 2. The molecule has 2 amide bonds. The highest BCUT2D eigenvalue weighted by Crippen LogP contribution is 2.46. The van der Waals surface area contributed by atoms with Gasteiger partial charge in [0.25, 0.3) is 0 Å². The van der Waals surface area contributed by atoms with Gasteiger partial charge in [0, 0.05) is 32.2 Å². The van der Waals surface area contributed by atoms with Gasteiger partial charge in [0.15, 0.2) is 0 Å². The van der Waals surface area contributed by atoms with Crippen LogP contribution in [0.2, 0.25) is 0 Å². The monoisotopic (exact) mass is 364 g/mol. The number of methoxy groups -OCH3 is 1. The number of aryl methyl sites for hydroxylation is 1. The lowest BCUT2D eigenvalue weighted by Gasteiger charge is -2.23. The fourth-order valence-electron chi connectivity index (χ4n) is 4.34. The summed E-state index contributed by atoms with van der Waals surface area (Å²) in [5, 5.41) is 0. The summed E-state index contributed by atoms with van der Waals surface area (Å²) in [7, 11) is 3.46. The highest BCUT2D eigenvalue weighted by Gasteiger charge is 2.53. The molecule has 1 atom stereocenters. The number of likely N-dealkylation sites (tertiary alicyclic amines) is 1. The van der Waals surface area contributed by atoms with Crippen LogP contribution in [0.4, 0.5) is 5.69 Å². The molecule has 4 rings (SSSR count). The first-order valence-corrected chi connectivity index (χ1v) is 9.33. The maximum atomic E-state index is 13.0. The molecule has 140 valence electrons. The number of hydrogen-bond donors (Lipinski definition) is 0. The zero-order chi connectivity index (χ0) is 19.0. The molecular formula is C22H24N2O3. The molecule has 27 heavy (non-hydrogen) atoms. The predicted molar refractivity (Wildman–Crippen MR) is 104 cm³/mol. The molecule has 5 heteroatoms. The fourth-order valence-corrected chi connectivity index (χ4v) is 4.34. The third-order valence-corrected chi connectivity index (χ3v) is 5.90. The molecular weight excluding hydrogens is 340 g/mol. The van der Waals surface area contributed by atoms with Gasteiger partial charge in [-0.2, -0.15) is 0 Å². The number of amides is 2. The van der Waals surface area contributed by atoms with Crippen LogP contribution in [-0.4, -0.2) is 44.0 Å². The van der Waals surface area contributed by atoms with Gasteiger partial charge in [0.05, 0.1) is 12.5 Å². The molecule has 1 spiro atoms. The second-order valence-corrected chi connectivity index (χ2v) is 7.38. The van der Waals surface area contributed by atoms with Crippen molar-refractivity contribution < 1.29 is 14.3 Å². The van der Waals surface area contributed by atoms with Gasteiger partial charge >= 0.3 is 0 Å². The normalized spacial score (nSPS) is 21.0. The molecule has 2 heterocycles. The van der Waals surface area contributed by atoms with Crippen LogP contribution in [0.25, 0.3) is 0 Å². The standard InChI is InChI=1S/C22H24N2O3/c1-23-19-6-4-3-5-18(19)22(21(23)26)13-14-24(15-22)20(25)12-9-16-7-10-17(27-2)11-8-16/h3-8,10-11H,9,12-15H2,1-2H3/t22-/m0/s1. The van der Waals surface area contributed by atoms with Gasteiger partial charge in [-0.25, -0.2) is 0 Å². The summed E-state index contributed by atoms with van der Waals surface area (Å²) in [5.74, 6) is 1.03. The summed E-state index contributed by atoms with van der Waals surface area (Å²) in [4.78, 5) is 29.3. The van der Waals surface area contributed by atoms with Gasteiger partial charge in [0.1, 0.15) is 5.75 Å². The first-order valence-electron chi connectivity index (χ1n) is 9.33. The third-order valence-electron chi connectivity index (χ3n) is 5.90. The summed E-state index contributed by atoms with van der Waals surface area (Å²) in [6.45, 7) is 1.12. The Kier molecular flexibility index (Phi) is 4.38. The minimum Gasteiger partial charge on any atom is -0.497 e. The largest absolute Gasteiger partial charge is 0.497 e. The molecule has 0 bridgehead atoms. The number of ether oxygens (including phenoxy) is 1. The quantitative estimate of drug-likeness (QED) is 0.838. The average Bonchev–Trinajstić information content (AvgIpc) is 3.25. The molecule has 0 unspecified atom stereocenters. The van der Waals surface area contributed by atoms with E-state index in [1.165, 1.54) is 0 Å². The van der Waals surface area contributed by atoms with E-state index in [2.05, 4.69) is 0 Å². The summed E-state index contributed by atoms with van der Waals surface area (Å²) < 4.78 is 5.17. The SMILES string of the molecule is COc1ccc(CCC(=O)N2CC[C@@]3(C2)C(=O)N(C)c2ccccc23)cc1. The Labute approximate surface area is 159 Å². The van der Waals surface area contributed by atoms with Crippen LogP contribution < -0.4 is 9.64 Å². The van der Waals surface area contributed by atoms with Crippen molar-refractivity contribution in [2.24, 2.45) is 0 Å². The number of hydrogen-bond acceptors (Lipinski definition) is 3. The van der Waals surface area contributed by atoms with E-state index in [0.717, 1.165) is 22.6 Å². The fraction of sp³-hybridized carbons (Fsp3) is 0.364. The van der Waals surface area contributed by atoms with Gasteiger partial charge < -0.3 is 14.5 Å². The van der Waals surface area contributed by atoms with Crippen molar-refractivity contribution in [3.8, 4) is 5.75 Å². The average molecular weight is 364 g/mol. The van der Waals surface area contributed by atoms with Crippen LogP contribution >= 0.6 is 0 Å². The lowest BCUT2D eigenvalue weighted by atomic mass is 9.81. The molecule has 1 saturated heterocycles. The summed E-state index contributed by atoms with van der Waals surface area (Å²) in [6, 6.07) is 15.7. The second-order valence-electron chi connectivity index (χ2n) is 7.38. The van der Waals surface area contributed by atoms with Crippen molar-refractivity contribution in [3.63, 3.8) is 0 Å². The Balaban J connectivity index is 1.45. The number of benzene rings is 2. The first kappa shape index (κ1) is 17.6. The molecule has 0 aromatic heterocycles. The van der Waals surface area contributed by atoms with E-state index in [1.54, 1.807) is 12.0 Å². The Bertz CT molecular complexity index is 877. The number of nitrogens with zero attached hydrogens (tertiary/aromatic N) is 2. The van der Waals surface area contributed by atoms with E-state index in [4.69, 9.17) is 4.74 Å². The highest BCUT2D eigenvalue weighted by molar-refractivity contribution is 6.08. The van der Waals surface area contributed by atoms with Crippen LogP contribution in [0.3, 0.4) is 0 Å². The maximum Gasteiger partial charge on any atom is 0.239 e. The number of para-hydroxylation sites is 1. The third kappa shape index (κ3) is 2.87. The van der Waals surface area contributed by atoms with Gasteiger partial charge in [-0.1, -0.05) is 30.3 Å². The van der Waals surface area contributed by atoms with Gasteiger partial charge in [0.2, 0.25) is 11.8 Å². The van der Waals surface area contributed by atoms with Crippen molar-refractivity contribution in [3.05, 3.63) is 59.7 Å². The van der Waals surface area contributed by atoms with E-state index < -0.39 is 5.41 Å². The van der Waals surface area contributed by atoms with Crippen molar-refractivity contribution in [1.82, 2.24) is 4.90 Å². The topological polar surface area (TPSA) is 49.9 Å². The lowest BCUT2D eigenvalue weighted by molar-refractivity contribution is -0.130. The minimum atomic E-state index is -0.568. The molecule has 5 nitrogen and oxygen atoms in total. The van der Waals surface area contributed by atoms with Crippen molar-refractivity contribution in [1.29, 1.82) is 0 Å². The van der Waals surface area contributed by atoms with Crippen LogP contribution in [0.5, 0.6) is 5.75 Å². The number of rotatable bonds is 4. The molecule has 0 saturated carbocycles. The lowest BCUT2D eigenvalue weighted by Crippen LogP contribution is -2.42. The van der Waals surface area contributed by atoms with Crippen LogP contribution in [-0.2, 0) is 21.4 Å². The Morgan fingerprint density at radius 2 is 1.89 bits per heavy atom. The minimum absolute atomic E-state index is 0.106. The highest BCUT2D eigenvalue weighted by atomic mass is 16.5.